The lowest BCUT2D eigenvalue weighted by atomic mass is 10.2. The molecule has 0 N–H and O–H groups in total. The number of ether oxygens (including phenoxy) is 2. The van der Waals surface area contributed by atoms with Crippen LogP contribution in [0, 0.1) is 0 Å². The van der Waals surface area contributed by atoms with Crippen molar-refractivity contribution in [3.63, 3.8) is 0 Å². The Morgan fingerprint density at radius 1 is 1.39 bits per heavy atom. The Morgan fingerprint density at radius 2 is 2.17 bits per heavy atom. The van der Waals surface area contributed by atoms with E-state index in [1.54, 1.807) is 13.0 Å². The maximum Gasteiger partial charge on any atom is 0.330 e. The number of carbonyl (C=O) groups is 1. The Bertz CT molecular complexity index is 427. The zero-order chi connectivity index (χ0) is 13.4. The fraction of sp³-hybridized carbons (Fsp3) is 0.357. The number of rotatable bonds is 6. The molecule has 0 saturated carbocycles. The molecular formula is C14H17BrO3. The normalized spacial score (nSPS) is 10.6. The van der Waals surface area contributed by atoms with Crippen molar-refractivity contribution in [2.75, 3.05) is 13.2 Å². The fourth-order valence-corrected chi connectivity index (χ4v) is 1.89. The van der Waals surface area contributed by atoms with E-state index in [1.165, 1.54) is 11.6 Å². The van der Waals surface area contributed by atoms with Crippen molar-refractivity contribution in [1.29, 1.82) is 0 Å². The van der Waals surface area contributed by atoms with Gasteiger partial charge in [-0.15, -0.1) is 0 Å². The third-order valence-electron chi connectivity index (χ3n) is 2.28. The monoisotopic (exact) mass is 312 g/mol. The zero-order valence-electron chi connectivity index (χ0n) is 10.6. The smallest absolute Gasteiger partial charge is 0.330 e. The topological polar surface area (TPSA) is 35.5 Å². The molecule has 0 radical (unpaired) electrons. The highest BCUT2D eigenvalue weighted by molar-refractivity contribution is 9.10. The molecule has 0 unspecified atom stereocenters. The number of halogens is 1. The number of hydrogen-bond acceptors (Lipinski definition) is 3. The van der Waals surface area contributed by atoms with Crippen LogP contribution in [0.2, 0.25) is 0 Å². The highest BCUT2D eigenvalue weighted by Crippen LogP contribution is 2.26. The second-order valence-corrected chi connectivity index (χ2v) is 4.44. The van der Waals surface area contributed by atoms with E-state index < -0.39 is 0 Å². The van der Waals surface area contributed by atoms with Gasteiger partial charge < -0.3 is 9.47 Å². The first-order valence-corrected chi connectivity index (χ1v) is 6.71. The van der Waals surface area contributed by atoms with Crippen molar-refractivity contribution in [2.24, 2.45) is 0 Å². The number of hydrogen-bond donors (Lipinski definition) is 0. The van der Waals surface area contributed by atoms with Gasteiger partial charge in [0.25, 0.3) is 0 Å². The summed E-state index contributed by atoms with van der Waals surface area (Å²) in [6.07, 6.45) is 4.00. The van der Waals surface area contributed by atoms with Crippen molar-refractivity contribution < 1.29 is 14.3 Å². The third-order valence-corrected chi connectivity index (χ3v) is 2.90. The van der Waals surface area contributed by atoms with E-state index in [9.17, 15) is 4.79 Å². The average molecular weight is 313 g/mol. The molecule has 0 saturated heterocycles. The van der Waals surface area contributed by atoms with Gasteiger partial charge in [0.2, 0.25) is 0 Å². The van der Waals surface area contributed by atoms with Gasteiger partial charge in [-0.05, 0) is 53.0 Å². The number of carbonyl (C=O) groups excluding carboxylic acids is 1. The third kappa shape index (κ3) is 4.92. The van der Waals surface area contributed by atoms with Gasteiger partial charge in [0, 0.05) is 6.08 Å². The predicted molar refractivity (Wildman–Crippen MR) is 74.8 cm³/mol. The number of benzene rings is 1. The van der Waals surface area contributed by atoms with Crippen LogP contribution in [0.15, 0.2) is 34.8 Å². The van der Waals surface area contributed by atoms with Crippen molar-refractivity contribution in [3.05, 3.63) is 40.4 Å². The summed E-state index contributed by atoms with van der Waals surface area (Å²) in [6.45, 7) is 4.59. The van der Waals surface area contributed by atoms with E-state index in [0.717, 1.165) is 16.6 Å². The molecule has 0 heterocycles. The van der Waals surface area contributed by atoms with E-state index in [-0.39, 0.29) is 5.97 Å². The van der Waals surface area contributed by atoms with Crippen LogP contribution in [0.3, 0.4) is 0 Å². The van der Waals surface area contributed by atoms with Crippen LogP contribution in [0.25, 0.3) is 0 Å². The summed E-state index contributed by atoms with van der Waals surface area (Å²) >= 11 is 3.45. The van der Waals surface area contributed by atoms with Crippen LogP contribution in [0.1, 0.15) is 19.4 Å². The van der Waals surface area contributed by atoms with Gasteiger partial charge in [-0.3, -0.25) is 0 Å². The molecule has 0 spiro atoms. The summed E-state index contributed by atoms with van der Waals surface area (Å²) in [5.41, 5.74) is 1.25. The molecule has 0 bridgehead atoms. The van der Waals surface area contributed by atoms with Gasteiger partial charge in [0.05, 0.1) is 11.1 Å². The van der Waals surface area contributed by atoms with Crippen molar-refractivity contribution in [1.82, 2.24) is 0 Å². The summed E-state index contributed by atoms with van der Waals surface area (Å²) in [5.74, 6) is 0.419. The first kappa shape index (κ1) is 14.8. The van der Waals surface area contributed by atoms with Gasteiger partial charge in [-0.2, -0.15) is 0 Å². The summed E-state index contributed by atoms with van der Waals surface area (Å²) < 4.78 is 11.2. The molecule has 4 heteroatoms. The first-order valence-electron chi connectivity index (χ1n) is 5.91. The molecule has 0 fully saturated rings. The maximum absolute atomic E-state index is 11.0. The van der Waals surface area contributed by atoms with Crippen molar-refractivity contribution in [3.8, 4) is 5.75 Å². The Morgan fingerprint density at radius 3 is 2.78 bits per heavy atom. The second-order valence-electron chi connectivity index (χ2n) is 3.58. The molecule has 3 nitrogen and oxygen atoms in total. The van der Waals surface area contributed by atoms with E-state index in [2.05, 4.69) is 22.9 Å². The largest absolute Gasteiger partial charge is 0.488 e. The second kappa shape index (κ2) is 7.93. The average Bonchev–Trinajstić information content (AvgIpc) is 2.36. The molecule has 0 aliphatic carbocycles. The molecule has 1 rings (SSSR count). The SMILES string of the molecule is CCOC(=O)/C=C/COc1ccc(CC)cc1Br. The molecule has 0 aromatic heterocycles. The summed E-state index contributed by atoms with van der Waals surface area (Å²) in [4.78, 5) is 11.0. The first-order chi connectivity index (χ1) is 8.67. The molecule has 0 aliphatic heterocycles. The Kier molecular flexibility index (Phi) is 6.50. The Hall–Kier alpha value is -1.29. The van der Waals surface area contributed by atoms with Gasteiger partial charge in [-0.1, -0.05) is 13.0 Å². The number of aryl methyl sites for hydroxylation is 1. The molecule has 98 valence electrons. The molecule has 0 aliphatic rings. The fourth-order valence-electron chi connectivity index (χ4n) is 1.35. The van der Waals surface area contributed by atoms with E-state index >= 15 is 0 Å². The van der Waals surface area contributed by atoms with E-state index in [0.29, 0.717) is 13.2 Å². The van der Waals surface area contributed by atoms with Crippen LogP contribution in [-0.2, 0) is 16.0 Å². The minimum Gasteiger partial charge on any atom is -0.488 e. The highest BCUT2D eigenvalue weighted by atomic mass is 79.9. The zero-order valence-corrected chi connectivity index (χ0v) is 12.2. The molecule has 0 atom stereocenters. The predicted octanol–water partition coefficient (Wildman–Crippen LogP) is 3.51. The summed E-state index contributed by atoms with van der Waals surface area (Å²) in [6, 6.07) is 5.97. The minimum absolute atomic E-state index is 0.336. The summed E-state index contributed by atoms with van der Waals surface area (Å²) in [5, 5.41) is 0. The van der Waals surface area contributed by atoms with Gasteiger partial charge in [0.15, 0.2) is 0 Å². The quantitative estimate of drug-likeness (QED) is 0.595. The molecule has 1 aromatic carbocycles. The standard InChI is InChI=1S/C14H17BrO3/c1-3-11-7-8-13(12(15)10-11)18-9-5-6-14(16)17-4-2/h5-8,10H,3-4,9H2,1-2H3/b6-5+. The maximum atomic E-state index is 11.0. The molecule has 0 amide bonds. The van der Waals surface area contributed by atoms with Gasteiger partial charge in [-0.25, -0.2) is 4.79 Å². The lowest BCUT2D eigenvalue weighted by molar-refractivity contribution is -0.137. The Balaban J connectivity index is 2.46. The van der Waals surface area contributed by atoms with Gasteiger partial charge in [0.1, 0.15) is 12.4 Å². The Labute approximate surface area is 116 Å². The van der Waals surface area contributed by atoms with Crippen molar-refractivity contribution >= 4 is 21.9 Å². The van der Waals surface area contributed by atoms with Crippen molar-refractivity contribution in [2.45, 2.75) is 20.3 Å². The van der Waals surface area contributed by atoms with E-state index in [1.807, 2.05) is 18.2 Å². The minimum atomic E-state index is -0.346. The molecule has 1 aromatic rings. The van der Waals surface area contributed by atoms with Gasteiger partial charge >= 0.3 is 5.97 Å². The lowest BCUT2D eigenvalue weighted by Crippen LogP contribution is -2.01. The molecule has 18 heavy (non-hydrogen) atoms. The lowest BCUT2D eigenvalue weighted by Gasteiger charge is -2.07. The highest BCUT2D eigenvalue weighted by Gasteiger charge is 2.01. The van der Waals surface area contributed by atoms with Crippen LogP contribution in [0.5, 0.6) is 5.75 Å². The molecular weight excluding hydrogens is 296 g/mol. The van der Waals surface area contributed by atoms with Crippen LogP contribution >= 0.6 is 15.9 Å². The van der Waals surface area contributed by atoms with E-state index in [4.69, 9.17) is 9.47 Å². The summed E-state index contributed by atoms with van der Waals surface area (Å²) in [7, 11) is 0. The van der Waals surface area contributed by atoms with Crippen LogP contribution in [0.4, 0.5) is 0 Å². The van der Waals surface area contributed by atoms with Crippen LogP contribution in [-0.4, -0.2) is 19.2 Å². The van der Waals surface area contributed by atoms with Crippen LogP contribution < -0.4 is 4.74 Å². The number of esters is 1.